The van der Waals surface area contributed by atoms with E-state index >= 15 is 0 Å². The molecule has 0 saturated carbocycles. The molecule has 0 fully saturated rings. The minimum absolute atomic E-state index is 0.174. The summed E-state index contributed by atoms with van der Waals surface area (Å²) in [5.41, 5.74) is 1.58. The van der Waals surface area contributed by atoms with Crippen molar-refractivity contribution in [2.24, 2.45) is 4.40 Å². The molecule has 1 aromatic heterocycles. The van der Waals surface area contributed by atoms with E-state index in [1.807, 2.05) is 12.1 Å². The fourth-order valence-electron chi connectivity index (χ4n) is 1.33. The number of thiazole rings is 1. The minimum Gasteiger partial charge on any atom is -0.388 e. The van der Waals surface area contributed by atoms with Crippen molar-refractivity contribution in [1.82, 2.24) is 4.98 Å². The van der Waals surface area contributed by atoms with Gasteiger partial charge in [0, 0.05) is 25.1 Å². The van der Waals surface area contributed by atoms with Gasteiger partial charge in [-0.1, -0.05) is 12.1 Å². The van der Waals surface area contributed by atoms with Crippen LogP contribution in [-0.2, 0) is 10.0 Å². The molecule has 1 N–H and O–H groups in total. The van der Waals surface area contributed by atoms with Gasteiger partial charge in [0.2, 0.25) is 4.34 Å². The smallest absolute Gasteiger partial charge is 0.308 e. The summed E-state index contributed by atoms with van der Waals surface area (Å²) < 4.78 is 27.2. The van der Waals surface area contributed by atoms with Gasteiger partial charge in [-0.15, -0.1) is 11.3 Å². The third kappa shape index (κ3) is 3.20. The standard InChI is InChI=1S/C12H10N4O2S2/c1-13-10-5-3-9(4-6-10)7-16-20(17,18)12-15-8-11(14-2)19-12/h3-8,13H,1H3. The SMILES string of the molecule is [C-]#[N+]c1cnc(S(=O)(=O)N=Cc2ccc(NC)cc2)s1. The van der Waals surface area contributed by atoms with Crippen LogP contribution in [0, 0.1) is 6.57 Å². The van der Waals surface area contributed by atoms with E-state index in [9.17, 15) is 8.42 Å². The van der Waals surface area contributed by atoms with E-state index in [1.54, 1.807) is 19.2 Å². The molecular formula is C12H10N4O2S2. The number of benzene rings is 1. The number of hydrogen-bond donors (Lipinski definition) is 1. The molecule has 1 aromatic carbocycles. The second kappa shape index (κ2) is 5.81. The Balaban J connectivity index is 2.22. The van der Waals surface area contributed by atoms with Crippen LogP contribution in [0.1, 0.15) is 5.56 Å². The number of nitrogens with zero attached hydrogens (tertiary/aromatic N) is 3. The summed E-state index contributed by atoms with van der Waals surface area (Å²) in [6.45, 7) is 6.79. The number of rotatable bonds is 4. The lowest BCUT2D eigenvalue weighted by molar-refractivity contribution is 0.597. The number of aromatic nitrogens is 1. The van der Waals surface area contributed by atoms with Crippen molar-refractivity contribution >= 4 is 38.3 Å². The lowest BCUT2D eigenvalue weighted by atomic mass is 10.2. The maximum absolute atomic E-state index is 11.9. The molecule has 0 spiro atoms. The second-order valence-electron chi connectivity index (χ2n) is 3.66. The average Bonchev–Trinajstić information content (AvgIpc) is 2.95. The van der Waals surface area contributed by atoms with Crippen LogP contribution in [0.25, 0.3) is 4.85 Å². The molecule has 102 valence electrons. The molecule has 0 aliphatic carbocycles. The summed E-state index contributed by atoms with van der Waals surface area (Å²) in [4.78, 5) is 6.82. The quantitative estimate of drug-likeness (QED) is 0.695. The Kier molecular flexibility index (Phi) is 4.12. The highest BCUT2D eigenvalue weighted by Gasteiger charge is 2.16. The molecule has 2 aromatic rings. The van der Waals surface area contributed by atoms with Crippen molar-refractivity contribution in [2.75, 3.05) is 12.4 Å². The molecular weight excluding hydrogens is 296 g/mol. The molecule has 0 aliphatic rings. The van der Waals surface area contributed by atoms with E-state index < -0.39 is 10.0 Å². The summed E-state index contributed by atoms with van der Waals surface area (Å²) >= 11 is 0.804. The summed E-state index contributed by atoms with van der Waals surface area (Å²) in [6.07, 6.45) is 2.48. The molecule has 0 bridgehead atoms. The van der Waals surface area contributed by atoms with E-state index in [2.05, 4.69) is 19.5 Å². The van der Waals surface area contributed by atoms with Crippen LogP contribution in [0.5, 0.6) is 0 Å². The molecule has 0 atom stereocenters. The Hall–Kier alpha value is -2.24. The zero-order valence-electron chi connectivity index (χ0n) is 10.4. The van der Waals surface area contributed by atoms with Gasteiger partial charge in [-0.05, 0) is 17.7 Å². The summed E-state index contributed by atoms with van der Waals surface area (Å²) in [5.74, 6) is 0. The van der Waals surface area contributed by atoms with Crippen LogP contribution in [0.2, 0.25) is 0 Å². The third-order valence-corrected chi connectivity index (χ3v) is 4.84. The van der Waals surface area contributed by atoms with E-state index in [0.717, 1.165) is 17.0 Å². The maximum atomic E-state index is 11.9. The molecule has 8 heteroatoms. The van der Waals surface area contributed by atoms with Crippen LogP contribution in [0.3, 0.4) is 0 Å². The predicted octanol–water partition coefficient (Wildman–Crippen LogP) is 2.54. The normalized spacial score (nSPS) is 11.4. The molecule has 6 nitrogen and oxygen atoms in total. The van der Waals surface area contributed by atoms with Crippen molar-refractivity contribution in [1.29, 1.82) is 0 Å². The van der Waals surface area contributed by atoms with Crippen LogP contribution in [-0.4, -0.2) is 26.7 Å². The maximum Gasteiger partial charge on any atom is 0.308 e. The first-order valence-electron chi connectivity index (χ1n) is 5.46. The number of anilines is 1. The molecule has 0 aliphatic heterocycles. The van der Waals surface area contributed by atoms with Gasteiger partial charge in [0.05, 0.1) is 6.57 Å². The molecule has 0 unspecified atom stereocenters. The van der Waals surface area contributed by atoms with Crippen molar-refractivity contribution in [2.45, 2.75) is 4.34 Å². The molecule has 0 amide bonds. The second-order valence-corrected chi connectivity index (χ2v) is 6.47. The van der Waals surface area contributed by atoms with Crippen molar-refractivity contribution < 1.29 is 8.42 Å². The molecule has 2 rings (SSSR count). The Bertz CT molecular complexity index is 771. The minimum atomic E-state index is -3.85. The highest BCUT2D eigenvalue weighted by Crippen LogP contribution is 2.26. The Morgan fingerprint density at radius 3 is 2.65 bits per heavy atom. The highest BCUT2D eigenvalue weighted by molar-refractivity contribution is 7.92. The van der Waals surface area contributed by atoms with Crippen molar-refractivity contribution in [3.05, 3.63) is 47.4 Å². The van der Waals surface area contributed by atoms with Crippen LogP contribution >= 0.6 is 11.3 Å². The van der Waals surface area contributed by atoms with Gasteiger partial charge >= 0.3 is 10.0 Å². The Morgan fingerprint density at radius 1 is 1.40 bits per heavy atom. The number of sulfonamides is 1. The average molecular weight is 306 g/mol. The van der Waals surface area contributed by atoms with Crippen molar-refractivity contribution in [3.8, 4) is 0 Å². The zero-order valence-corrected chi connectivity index (χ0v) is 12.1. The summed E-state index contributed by atoms with van der Waals surface area (Å²) in [7, 11) is -2.05. The van der Waals surface area contributed by atoms with E-state index in [0.29, 0.717) is 5.56 Å². The van der Waals surface area contributed by atoms with E-state index in [4.69, 9.17) is 6.57 Å². The van der Waals surface area contributed by atoms with Gasteiger partial charge in [0.1, 0.15) is 0 Å². The molecule has 1 heterocycles. The highest BCUT2D eigenvalue weighted by atomic mass is 32.2. The first kappa shape index (κ1) is 14.2. The Labute approximate surface area is 120 Å². The largest absolute Gasteiger partial charge is 0.388 e. The van der Waals surface area contributed by atoms with E-state index in [-0.39, 0.29) is 9.34 Å². The first-order chi connectivity index (χ1) is 9.55. The lowest BCUT2D eigenvalue weighted by Gasteiger charge is -1.99. The van der Waals surface area contributed by atoms with Gasteiger partial charge < -0.3 is 5.32 Å². The fourth-order valence-corrected chi connectivity index (χ4v) is 3.11. The molecule has 0 radical (unpaired) electrons. The van der Waals surface area contributed by atoms with Gasteiger partial charge in [-0.2, -0.15) is 12.8 Å². The molecule has 0 saturated heterocycles. The van der Waals surface area contributed by atoms with Crippen molar-refractivity contribution in [3.63, 3.8) is 0 Å². The number of hydrogen-bond acceptors (Lipinski definition) is 5. The summed E-state index contributed by atoms with van der Waals surface area (Å²) in [5, 5.41) is 3.18. The monoisotopic (exact) mass is 306 g/mol. The van der Waals surface area contributed by atoms with Gasteiger partial charge in [0.15, 0.2) is 0 Å². The molecule has 20 heavy (non-hydrogen) atoms. The van der Waals surface area contributed by atoms with Crippen LogP contribution in [0.15, 0.2) is 39.2 Å². The van der Waals surface area contributed by atoms with Crippen LogP contribution in [0.4, 0.5) is 10.7 Å². The Morgan fingerprint density at radius 2 is 2.10 bits per heavy atom. The third-order valence-electron chi connectivity index (χ3n) is 2.34. The van der Waals surface area contributed by atoms with Gasteiger partial charge in [0.25, 0.3) is 5.00 Å². The zero-order chi connectivity index (χ0) is 14.6. The topological polar surface area (TPSA) is 75.8 Å². The van der Waals surface area contributed by atoms with Crippen LogP contribution < -0.4 is 5.32 Å². The first-order valence-corrected chi connectivity index (χ1v) is 7.72. The van der Waals surface area contributed by atoms with Gasteiger partial charge in [-0.25, -0.2) is 9.83 Å². The predicted molar refractivity (Wildman–Crippen MR) is 79.1 cm³/mol. The van der Waals surface area contributed by atoms with E-state index in [1.165, 1.54) is 12.4 Å². The number of nitrogens with one attached hydrogen (secondary N) is 1. The van der Waals surface area contributed by atoms with Gasteiger partial charge in [-0.3, -0.25) is 0 Å². The lowest BCUT2D eigenvalue weighted by Crippen LogP contribution is -1.97. The fraction of sp³-hybridized carbons (Fsp3) is 0.0833. The summed E-state index contributed by atoms with van der Waals surface area (Å²) in [6, 6.07) is 7.12.